The number of amides is 2. The van der Waals surface area contributed by atoms with Crippen LogP contribution in [0.4, 0.5) is 4.79 Å². The van der Waals surface area contributed by atoms with E-state index in [1.54, 1.807) is 0 Å². The lowest BCUT2D eigenvalue weighted by Gasteiger charge is -2.07. The molecule has 1 aromatic carbocycles. The molecular weight excluding hydrogens is 320 g/mol. The summed E-state index contributed by atoms with van der Waals surface area (Å²) >= 11 is 0. The van der Waals surface area contributed by atoms with Crippen LogP contribution in [-0.2, 0) is 24.2 Å². The standard InChI is InChI=1S/C18H22N4O3/c23-17(24)10-5-11-19-18(25)20-12-15-14-8-4-9-16(14)22(21-15)13-6-2-1-3-7-13/h1-3,6-7H,4-5,8-12H2,(H,23,24)(H2,19,20,25). The van der Waals surface area contributed by atoms with Gasteiger partial charge in [-0.05, 0) is 43.4 Å². The van der Waals surface area contributed by atoms with Crippen molar-refractivity contribution in [2.75, 3.05) is 6.54 Å². The molecule has 0 unspecified atom stereocenters. The Labute approximate surface area is 146 Å². The molecule has 0 atom stereocenters. The van der Waals surface area contributed by atoms with Gasteiger partial charge >= 0.3 is 12.0 Å². The first-order valence-electron chi connectivity index (χ1n) is 8.53. The van der Waals surface area contributed by atoms with Crippen molar-refractivity contribution in [1.29, 1.82) is 0 Å². The van der Waals surface area contributed by atoms with Crippen molar-refractivity contribution in [3.05, 3.63) is 47.3 Å². The number of aliphatic carboxylic acids is 1. The van der Waals surface area contributed by atoms with Gasteiger partial charge in [-0.3, -0.25) is 4.79 Å². The number of carbonyl (C=O) groups excluding carboxylic acids is 1. The van der Waals surface area contributed by atoms with Crippen LogP contribution < -0.4 is 10.6 Å². The lowest BCUT2D eigenvalue weighted by atomic mass is 10.2. The van der Waals surface area contributed by atoms with Gasteiger partial charge in [0.05, 0.1) is 17.9 Å². The zero-order chi connectivity index (χ0) is 17.6. The Kier molecular flexibility index (Phi) is 5.33. The van der Waals surface area contributed by atoms with E-state index in [0.29, 0.717) is 19.5 Å². The molecule has 0 saturated heterocycles. The van der Waals surface area contributed by atoms with Crippen LogP contribution >= 0.6 is 0 Å². The quantitative estimate of drug-likeness (QED) is 0.671. The number of carboxylic acid groups (broad SMARTS) is 1. The molecule has 25 heavy (non-hydrogen) atoms. The Balaban J connectivity index is 1.60. The zero-order valence-electron chi connectivity index (χ0n) is 14.0. The van der Waals surface area contributed by atoms with Crippen LogP contribution in [0, 0.1) is 0 Å². The number of carboxylic acids is 1. The highest BCUT2D eigenvalue weighted by Crippen LogP contribution is 2.27. The van der Waals surface area contributed by atoms with Crippen LogP contribution in [-0.4, -0.2) is 33.4 Å². The molecule has 132 valence electrons. The van der Waals surface area contributed by atoms with Crippen molar-refractivity contribution >= 4 is 12.0 Å². The number of fused-ring (bicyclic) bond motifs is 1. The van der Waals surface area contributed by atoms with E-state index in [-0.39, 0.29) is 12.5 Å². The molecule has 2 amide bonds. The molecule has 0 bridgehead atoms. The van der Waals surface area contributed by atoms with E-state index in [0.717, 1.165) is 30.6 Å². The molecule has 0 saturated carbocycles. The number of urea groups is 1. The Morgan fingerprint density at radius 3 is 2.72 bits per heavy atom. The van der Waals surface area contributed by atoms with Crippen LogP contribution in [0.5, 0.6) is 0 Å². The van der Waals surface area contributed by atoms with Crippen molar-refractivity contribution in [1.82, 2.24) is 20.4 Å². The lowest BCUT2D eigenvalue weighted by Crippen LogP contribution is -2.36. The maximum absolute atomic E-state index is 11.8. The van der Waals surface area contributed by atoms with Crippen LogP contribution in [0.1, 0.15) is 36.2 Å². The number of para-hydroxylation sites is 1. The number of hydrogen-bond acceptors (Lipinski definition) is 3. The molecule has 1 heterocycles. The minimum Gasteiger partial charge on any atom is -0.481 e. The summed E-state index contributed by atoms with van der Waals surface area (Å²) in [5.74, 6) is -0.857. The van der Waals surface area contributed by atoms with E-state index in [9.17, 15) is 9.59 Å². The molecule has 1 aromatic heterocycles. The summed E-state index contributed by atoms with van der Waals surface area (Å²) in [5.41, 5.74) is 4.39. The van der Waals surface area contributed by atoms with Gasteiger partial charge in [-0.1, -0.05) is 18.2 Å². The van der Waals surface area contributed by atoms with Crippen molar-refractivity contribution in [3.8, 4) is 5.69 Å². The summed E-state index contributed by atoms with van der Waals surface area (Å²) in [5, 5.41) is 18.7. The fraction of sp³-hybridized carbons (Fsp3) is 0.389. The fourth-order valence-electron chi connectivity index (χ4n) is 3.11. The molecular formula is C18H22N4O3. The monoisotopic (exact) mass is 342 g/mol. The van der Waals surface area contributed by atoms with Crippen LogP contribution in [0.15, 0.2) is 30.3 Å². The highest BCUT2D eigenvalue weighted by atomic mass is 16.4. The molecule has 0 spiro atoms. The Morgan fingerprint density at radius 1 is 1.16 bits per heavy atom. The van der Waals surface area contributed by atoms with Gasteiger partial charge in [0.1, 0.15) is 0 Å². The number of benzene rings is 1. The number of rotatable bonds is 7. The van der Waals surface area contributed by atoms with Gasteiger partial charge < -0.3 is 15.7 Å². The second-order valence-corrected chi connectivity index (χ2v) is 6.08. The van der Waals surface area contributed by atoms with E-state index in [1.807, 2.05) is 35.0 Å². The number of nitrogens with one attached hydrogen (secondary N) is 2. The smallest absolute Gasteiger partial charge is 0.315 e. The zero-order valence-corrected chi connectivity index (χ0v) is 14.0. The molecule has 7 heteroatoms. The van der Waals surface area contributed by atoms with Gasteiger partial charge in [0.2, 0.25) is 0 Å². The van der Waals surface area contributed by atoms with Gasteiger partial charge in [0.15, 0.2) is 0 Å². The van der Waals surface area contributed by atoms with Crippen molar-refractivity contribution in [2.45, 2.75) is 38.6 Å². The van der Waals surface area contributed by atoms with Gasteiger partial charge in [-0.2, -0.15) is 5.10 Å². The molecule has 1 aliphatic carbocycles. The first-order chi connectivity index (χ1) is 12.1. The Bertz CT molecular complexity index is 755. The van der Waals surface area contributed by atoms with Gasteiger partial charge in [-0.15, -0.1) is 0 Å². The molecule has 1 aliphatic rings. The van der Waals surface area contributed by atoms with Crippen molar-refractivity contribution < 1.29 is 14.7 Å². The van der Waals surface area contributed by atoms with E-state index in [1.165, 1.54) is 11.3 Å². The predicted molar refractivity (Wildman–Crippen MR) is 92.7 cm³/mol. The topological polar surface area (TPSA) is 96.2 Å². The number of nitrogens with zero attached hydrogens (tertiary/aromatic N) is 2. The molecule has 2 aromatic rings. The molecule has 3 rings (SSSR count). The van der Waals surface area contributed by atoms with Crippen LogP contribution in [0.25, 0.3) is 5.69 Å². The summed E-state index contributed by atoms with van der Waals surface area (Å²) in [6.45, 7) is 0.710. The average molecular weight is 342 g/mol. The second kappa shape index (κ2) is 7.83. The normalized spacial score (nSPS) is 12.6. The third-order valence-corrected chi connectivity index (χ3v) is 4.28. The van der Waals surface area contributed by atoms with Gasteiger partial charge in [0.25, 0.3) is 0 Å². The van der Waals surface area contributed by atoms with Crippen LogP contribution in [0.2, 0.25) is 0 Å². The largest absolute Gasteiger partial charge is 0.481 e. The summed E-state index contributed by atoms with van der Waals surface area (Å²) in [6.07, 6.45) is 3.56. The number of hydrogen-bond donors (Lipinski definition) is 3. The highest BCUT2D eigenvalue weighted by molar-refractivity contribution is 5.74. The van der Waals surface area contributed by atoms with E-state index in [4.69, 9.17) is 10.2 Å². The summed E-state index contributed by atoms with van der Waals surface area (Å²) in [7, 11) is 0. The minimum atomic E-state index is -0.857. The SMILES string of the molecule is O=C(O)CCCNC(=O)NCc1nn(-c2ccccc2)c2c1CCC2. The van der Waals surface area contributed by atoms with Gasteiger partial charge in [-0.25, -0.2) is 9.48 Å². The van der Waals surface area contributed by atoms with E-state index >= 15 is 0 Å². The maximum Gasteiger partial charge on any atom is 0.315 e. The minimum absolute atomic E-state index is 0.0509. The van der Waals surface area contributed by atoms with E-state index < -0.39 is 5.97 Å². The maximum atomic E-state index is 11.8. The van der Waals surface area contributed by atoms with Gasteiger partial charge in [0, 0.05) is 18.7 Å². The third-order valence-electron chi connectivity index (χ3n) is 4.28. The summed E-state index contributed by atoms with van der Waals surface area (Å²) in [6, 6.07) is 9.70. The second-order valence-electron chi connectivity index (χ2n) is 6.08. The molecule has 3 N–H and O–H groups in total. The fourth-order valence-corrected chi connectivity index (χ4v) is 3.11. The number of aromatic nitrogens is 2. The highest BCUT2D eigenvalue weighted by Gasteiger charge is 2.23. The lowest BCUT2D eigenvalue weighted by molar-refractivity contribution is -0.137. The first kappa shape index (κ1) is 17.0. The van der Waals surface area contributed by atoms with Crippen molar-refractivity contribution in [3.63, 3.8) is 0 Å². The predicted octanol–water partition coefficient (Wildman–Crippen LogP) is 2.02. The molecule has 0 fully saturated rings. The first-order valence-corrected chi connectivity index (χ1v) is 8.53. The van der Waals surface area contributed by atoms with Crippen LogP contribution in [0.3, 0.4) is 0 Å². The molecule has 0 radical (unpaired) electrons. The Morgan fingerprint density at radius 2 is 1.96 bits per heavy atom. The summed E-state index contributed by atoms with van der Waals surface area (Å²) < 4.78 is 1.98. The third kappa shape index (κ3) is 4.17. The van der Waals surface area contributed by atoms with Crippen molar-refractivity contribution in [2.24, 2.45) is 0 Å². The molecule has 0 aliphatic heterocycles. The van der Waals surface area contributed by atoms with E-state index in [2.05, 4.69) is 10.6 Å². The Hall–Kier alpha value is -2.83. The molecule has 7 nitrogen and oxygen atoms in total. The average Bonchev–Trinajstić information content (AvgIpc) is 3.20. The number of carbonyl (C=O) groups is 2. The summed E-state index contributed by atoms with van der Waals surface area (Å²) in [4.78, 5) is 22.3.